The summed E-state index contributed by atoms with van der Waals surface area (Å²) in [7, 11) is 1.55. The first kappa shape index (κ1) is 20.2. The Morgan fingerprint density at radius 3 is 2.81 bits per heavy atom. The Balaban J connectivity index is 1.38. The van der Waals surface area contributed by atoms with Crippen LogP contribution in [-0.4, -0.2) is 37.4 Å². The summed E-state index contributed by atoms with van der Waals surface area (Å²) in [6.45, 7) is -0.196. The van der Waals surface area contributed by atoms with Crippen LogP contribution in [-0.2, 0) is 11.3 Å². The minimum atomic E-state index is -0.395. The van der Waals surface area contributed by atoms with Crippen molar-refractivity contribution in [2.75, 3.05) is 12.4 Å². The first-order valence-corrected chi connectivity index (χ1v) is 10.5. The Morgan fingerprint density at radius 1 is 1.19 bits per heavy atom. The van der Waals surface area contributed by atoms with E-state index in [-0.39, 0.29) is 12.1 Å². The smallest absolute Gasteiger partial charge is 0.267 e. The molecular formula is C22H19ClN6O3. The number of anilines is 1. The normalized spacial score (nSPS) is 13.3. The molecule has 1 fully saturated rings. The highest BCUT2D eigenvalue weighted by atomic mass is 35.5. The number of halogens is 1. The summed E-state index contributed by atoms with van der Waals surface area (Å²) < 4.78 is 7.94. The van der Waals surface area contributed by atoms with Crippen molar-refractivity contribution in [3.05, 3.63) is 69.7 Å². The van der Waals surface area contributed by atoms with Gasteiger partial charge in [-0.3, -0.25) is 9.59 Å². The molecule has 10 heteroatoms. The van der Waals surface area contributed by atoms with Gasteiger partial charge in [0.15, 0.2) is 5.65 Å². The van der Waals surface area contributed by atoms with Crippen molar-refractivity contribution in [3.63, 3.8) is 0 Å². The lowest BCUT2D eigenvalue weighted by molar-refractivity contribution is -0.117. The molecule has 1 aliphatic rings. The number of rotatable bonds is 6. The van der Waals surface area contributed by atoms with Crippen molar-refractivity contribution in [1.82, 2.24) is 24.4 Å². The fraction of sp³-hybridized carbons (Fsp3) is 0.227. The summed E-state index contributed by atoms with van der Waals surface area (Å²) in [6.07, 6.45) is 3.88. The molecule has 3 heterocycles. The molecule has 1 saturated carbocycles. The van der Waals surface area contributed by atoms with E-state index in [4.69, 9.17) is 16.3 Å². The number of carbonyl (C=O) groups excluding carboxylic acids is 1. The predicted octanol–water partition coefficient (Wildman–Crippen LogP) is 3.13. The Hall–Kier alpha value is -3.72. The molecule has 1 aromatic carbocycles. The van der Waals surface area contributed by atoms with Gasteiger partial charge in [0.25, 0.3) is 5.56 Å². The fourth-order valence-corrected chi connectivity index (χ4v) is 3.56. The maximum atomic E-state index is 12.6. The third-order valence-corrected chi connectivity index (χ3v) is 5.55. The van der Waals surface area contributed by atoms with Gasteiger partial charge in [0.1, 0.15) is 6.54 Å². The molecule has 1 N–H and O–H groups in total. The van der Waals surface area contributed by atoms with Gasteiger partial charge in [-0.1, -0.05) is 17.7 Å². The number of hydrogen-bond acceptors (Lipinski definition) is 6. The van der Waals surface area contributed by atoms with Gasteiger partial charge in [0.05, 0.1) is 35.4 Å². The first-order chi connectivity index (χ1) is 15.5. The summed E-state index contributed by atoms with van der Waals surface area (Å²) >= 11 is 6.30. The SMILES string of the molecule is COc1ccc2nc(-c3ccc(Cl)c(NC(=O)Cn4nc(C5CC5)ccc4=O)c3)cn2n1. The maximum absolute atomic E-state index is 12.6. The van der Waals surface area contributed by atoms with E-state index in [1.54, 1.807) is 48.2 Å². The standard InChI is InChI=1S/C22H19ClN6O3/c1-32-21-8-7-19-24-18(11-28(19)27-21)14-4-5-15(23)17(10-14)25-20(30)12-29-22(31)9-6-16(26-29)13-2-3-13/h4-11,13H,2-3,12H2,1H3,(H,25,30). The molecule has 0 spiro atoms. The summed E-state index contributed by atoms with van der Waals surface area (Å²) in [5.41, 5.74) is 3.00. The minimum Gasteiger partial charge on any atom is -0.480 e. The Bertz CT molecular complexity index is 1390. The monoisotopic (exact) mass is 450 g/mol. The second-order valence-corrected chi connectivity index (χ2v) is 7.98. The van der Waals surface area contributed by atoms with E-state index >= 15 is 0 Å². The molecule has 0 atom stereocenters. The first-order valence-electron chi connectivity index (χ1n) is 10.1. The largest absolute Gasteiger partial charge is 0.480 e. The van der Waals surface area contributed by atoms with Crippen molar-refractivity contribution >= 4 is 28.8 Å². The molecule has 3 aromatic heterocycles. The molecule has 0 saturated heterocycles. The number of methoxy groups -OCH3 is 1. The van der Waals surface area contributed by atoms with E-state index in [0.717, 1.165) is 24.1 Å². The van der Waals surface area contributed by atoms with E-state index in [9.17, 15) is 9.59 Å². The molecule has 162 valence electrons. The molecule has 0 bridgehead atoms. The second-order valence-electron chi connectivity index (χ2n) is 7.58. The molecule has 0 aliphatic heterocycles. The summed E-state index contributed by atoms with van der Waals surface area (Å²) in [6, 6.07) is 11.9. The van der Waals surface area contributed by atoms with Gasteiger partial charge in [-0.05, 0) is 37.1 Å². The zero-order valence-corrected chi connectivity index (χ0v) is 17.9. The van der Waals surface area contributed by atoms with Crippen LogP contribution in [0.25, 0.3) is 16.9 Å². The number of fused-ring (bicyclic) bond motifs is 1. The van der Waals surface area contributed by atoms with Crippen LogP contribution in [0.3, 0.4) is 0 Å². The lowest BCUT2D eigenvalue weighted by Crippen LogP contribution is -2.29. The molecule has 32 heavy (non-hydrogen) atoms. The Kier molecular flexibility index (Phi) is 5.10. The number of nitrogens with one attached hydrogen (secondary N) is 1. The highest BCUT2D eigenvalue weighted by Crippen LogP contribution is 2.38. The maximum Gasteiger partial charge on any atom is 0.267 e. The van der Waals surface area contributed by atoms with Gasteiger partial charge in [-0.2, -0.15) is 5.10 Å². The summed E-state index contributed by atoms with van der Waals surface area (Å²) in [5.74, 6) is 0.462. The van der Waals surface area contributed by atoms with Crippen LogP contribution in [0.1, 0.15) is 24.5 Å². The van der Waals surface area contributed by atoms with Gasteiger partial charge in [-0.15, -0.1) is 5.10 Å². The van der Waals surface area contributed by atoms with Gasteiger partial charge in [-0.25, -0.2) is 14.2 Å². The fourth-order valence-electron chi connectivity index (χ4n) is 3.39. The Labute approximate surface area is 187 Å². The molecule has 1 aliphatic carbocycles. The zero-order chi connectivity index (χ0) is 22.2. The van der Waals surface area contributed by atoms with Crippen molar-refractivity contribution < 1.29 is 9.53 Å². The van der Waals surface area contributed by atoms with Crippen molar-refractivity contribution in [1.29, 1.82) is 0 Å². The average molecular weight is 451 g/mol. The highest BCUT2D eigenvalue weighted by Gasteiger charge is 2.25. The molecule has 0 radical (unpaired) electrons. The zero-order valence-electron chi connectivity index (χ0n) is 17.2. The van der Waals surface area contributed by atoms with Crippen LogP contribution in [0.4, 0.5) is 5.69 Å². The summed E-state index contributed by atoms with van der Waals surface area (Å²) in [4.78, 5) is 29.3. The van der Waals surface area contributed by atoms with Crippen LogP contribution < -0.4 is 15.6 Å². The number of nitrogens with zero attached hydrogens (tertiary/aromatic N) is 5. The van der Waals surface area contributed by atoms with Gasteiger partial charge < -0.3 is 10.1 Å². The van der Waals surface area contributed by atoms with Gasteiger partial charge in [0.2, 0.25) is 11.8 Å². The third-order valence-electron chi connectivity index (χ3n) is 5.22. The number of aromatic nitrogens is 5. The summed E-state index contributed by atoms with van der Waals surface area (Å²) in [5, 5.41) is 11.8. The van der Waals surface area contributed by atoms with E-state index in [1.165, 1.54) is 10.7 Å². The minimum absolute atomic E-state index is 0.196. The van der Waals surface area contributed by atoms with E-state index in [2.05, 4.69) is 20.5 Å². The quantitative estimate of drug-likeness (QED) is 0.484. The van der Waals surface area contributed by atoms with Crippen LogP contribution in [0.2, 0.25) is 5.02 Å². The average Bonchev–Trinajstić information content (AvgIpc) is 3.55. The molecule has 0 unspecified atom stereocenters. The van der Waals surface area contributed by atoms with Crippen molar-refractivity contribution in [2.45, 2.75) is 25.3 Å². The van der Waals surface area contributed by atoms with E-state index < -0.39 is 5.91 Å². The number of amides is 1. The third kappa shape index (κ3) is 4.06. The second kappa shape index (κ2) is 8.08. The van der Waals surface area contributed by atoms with E-state index in [0.29, 0.717) is 33.8 Å². The molecule has 5 rings (SSSR count). The molecule has 1 amide bonds. The van der Waals surface area contributed by atoms with Crippen LogP contribution in [0.5, 0.6) is 5.88 Å². The van der Waals surface area contributed by atoms with Crippen LogP contribution >= 0.6 is 11.6 Å². The number of ether oxygens (including phenoxy) is 1. The highest BCUT2D eigenvalue weighted by molar-refractivity contribution is 6.33. The van der Waals surface area contributed by atoms with Crippen molar-refractivity contribution in [3.8, 4) is 17.1 Å². The topological polar surface area (TPSA) is 103 Å². The molecular weight excluding hydrogens is 432 g/mol. The van der Waals surface area contributed by atoms with Crippen LogP contribution in [0, 0.1) is 0 Å². The van der Waals surface area contributed by atoms with Crippen LogP contribution in [0.15, 0.2) is 53.5 Å². The van der Waals surface area contributed by atoms with Crippen molar-refractivity contribution in [2.24, 2.45) is 0 Å². The predicted molar refractivity (Wildman–Crippen MR) is 119 cm³/mol. The van der Waals surface area contributed by atoms with Gasteiger partial charge in [0, 0.05) is 23.6 Å². The number of hydrogen-bond donors (Lipinski definition) is 1. The number of imidazole rings is 1. The molecule has 4 aromatic rings. The Morgan fingerprint density at radius 2 is 2.03 bits per heavy atom. The number of benzene rings is 1. The lowest BCUT2D eigenvalue weighted by atomic mass is 10.1. The van der Waals surface area contributed by atoms with Gasteiger partial charge >= 0.3 is 0 Å². The van der Waals surface area contributed by atoms with E-state index in [1.807, 2.05) is 6.07 Å². The number of carbonyl (C=O) groups is 1. The lowest BCUT2D eigenvalue weighted by Gasteiger charge is -2.10. The molecule has 9 nitrogen and oxygen atoms in total.